The molecule has 0 aliphatic carbocycles. The van der Waals surface area contributed by atoms with Gasteiger partial charge in [-0.2, -0.15) is 5.26 Å². The average molecular weight is 153 g/mol. The van der Waals surface area contributed by atoms with Crippen LogP contribution in [-0.2, 0) is 0 Å². The van der Waals surface area contributed by atoms with Crippen LogP contribution in [0.3, 0.4) is 0 Å². The summed E-state index contributed by atoms with van der Waals surface area (Å²) >= 11 is 0. The van der Waals surface area contributed by atoms with Crippen molar-refractivity contribution >= 4 is 0 Å². The highest BCUT2D eigenvalue weighted by Crippen LogP contribution is 2.11. The molecule has 3 nitrogen and oxygen atoms in total. The number of hydrogen-bond acceptors (Lipinski definition) is 3. The molecule has 0 amide bonds. The topological polar surface area (TPSA) is 47.9 Å². The minimum absolute atomic E-state index is 0.227. The van der Waals surface area contributed by atoms with E-state index in [2.05, 4.69) is 16.7 Å². The molecule has 0 atom stereocenters. The standard InChI is InChI=1S/C8H15N3/c1-8(2,5-9)6-11-7-3-10-4-7/h7,10-11H,3-4,6H2,1-2H3. The Labute approximate surface area is 67.8 Å². The van der Waals surface area contributed by atoms with Crippen molar-refractivity contribution in [2.24, 2.45) is 5.41 Å². The lowest BCUT2D eigenvalue weighted by atomic mass is 9.95. The minimum atomic E-state index is -0.227. The van der Waals surface area contributed by atoms with E-state index in [9.17, 15) is 0 Å². The highest BCUT2D eigenvalue weighted by atomic mass is 15.1. The van der Waals surface area contributed by atoms with Crippen LogP contribution in [0.1, 0.15) is 13.8 Å². The van der Waals surface area contributed by atoms with E-state index in [1.165, 1.54) is 0 Å². The first-order valence-electron chi connectivity index (χ1n) is 3.99. The maximum atomic E-state index is 8.69. The molecule has 1 fully saturated rings. The van der Waals surface area contributed by atoms with Gasteiger partial charge in [0.05, 0.1) is 11.5 Å². The summed E-state index contributed by atoms with van der Waals surface area (Å²) in [5.74, 6) is 0. The summed E-state index contributed by atoms with van der Waals surface area (Å²) in [5.41, 5.74) is -0.227. The van der Waals surface area contributed by atoms with Gasteiger partial charge >= 0.3 is 0 Å². The molecule has 0 unspecified atom stereocenters. The Morgan fingerprint density at radius 1 is 1.64 bits per heavy atom. The maximum Gasteiger partial charge on any atom is 0.0697 e. The van der Waals surface area contributed by atoms with Gasteiger partial charge in [0.1, 0.15) is 0 Å². The van der Waals surface area contributed by atoms with Crippen molar-refractivity contribution in [3.05, 3.63) is 0 Å². The van der Waals surface area contributed by atoms with E-state index in [0.717, 1.165) is 19.6 Å². The SMILES string of the molecule is CC(C)(C#N)CNC1CNC1. The van der Waals surface area contributed by atoms with Crippen LogP contribution in [0.25, 0.3) is 0 Å². The molecule has 0 spiro atoms. The molecule has 1 aliphatic heterocycles. The largest absolute Gasteiger partial charge is 0.314 e. The third-order valence-corrected chi connectivity index (χ3v) is 1.92. The summed E-state index contributed by atoms with van der Waals surface area (Å²) in [4.78, 5) is 0. The summed E-state index contributed by atoms with van der Waals surface area (Å²) < 4.78 is 0. The van der Waals surface area contributed by atoms with Crippen LogP contribution < -0.4 is 10.6 Å². The van der Waals surface area contributed by atoms with Crippen molar-refractivity contribution in [3.63, 3.8) is 0 Å². The van der Waals surface area contributed by atoms with Crippen LogP contribution >= 0.6 is 0 Å². The molecule has 1 rings (SSSR count). The van der Waals surface area contributed by atoms with E-state index in [0.29, 0.717) is 6.04 Å². The van der Waals surface area contributed by atoms with Gasteiger partial charge in [0, 0.05) is 25.7 Å². The number of nitrogens with zero attached hydrogens (tertiary/aromatic N) is 1. The fourth-order valence-electron chi connectivity index (χ4n) is 0.872. The summed E-state index contributed by atoms with van der Waals surface area (Å²) in [7, 11) is 0. The molecule has 0 aromatic carbocycles. The third kappa shape index (κ3) is 2.49. The number of hydrogen-bond donors (Lipinski definition) is 2. The number of nitrogens with one attached hydrogen (secondary N) is 2. The van der Waals surface area contributed by atoms with E-state index in [4.69, 9.17) is 5.26 Å². The Hall–Kier alpha value is -0.590. The third-order valence-electron chi connectivity index (χ3n) is 1.92. The smallest absolute Gasteiger partial charge is 0.0697 e. The van der Waals surface area contributed by atoms with Crippen molar-refractivity contribution in [3.8, 4) is 6.07 Å². The molecule has 0 radical (unpaired) electrons. The van der Waals surface area contributed by atoms with E-state index in [-0.39, 0.29) is 5.41 Å². The molecule has 62 valence electrons. The van der Waals surface area contributed by atoms with Gasteiger partial charge in [-0.3, -0.25) is 0 Å². The molecule has 3 heteroatoms. The Morgan fingerprint density at radius 3 is 2.64 bits per heavy atom. The summed E-state index contributed by atoms with van der Waals surface area (Å²) in [6, 6.07) is 2.85. The molecule has 0 saturated carbocycles. The van der Waals surface area contributed by atoms with Crippen LogP contribution in [0.2, 0.25) is 0 Å². The highest BCUT2D eigenvalue weighted by molar-refractivity contribution is 4.95. The monoisotopic (exact) mass is 153 g/mol. The zero-order chi connectivity index (χ0) is 8.32. The Bertz CT molecular complexity index is 165. The van der Waals surface area contributed by atoms with E-state index in [1.54, 1.807) is 0 Å². The second kappa shape index (κ2) is 3.21. The van der Waals surface area contributed by atoms with Crippen LogP contribution in [0.15, 0.2) is 0 Å². The van der Waals surface area contributed by atoms with Crippen molar-refractivity contribution in [2.75, 3.05) is 19.6 Å². The van der Waals surface area contributed by atoms with Gasteiger partial charge in [-0.15, -0.1) is 0 Å². The second-order valence-electron chi connectivity index (χ2n) is 3.73. The van der Waals surface area contributed by atoms with Gasteiger partial charge in [0.25, 0.3) is 0 Å². The molecule has 0 aromatic heterocycles. The second-order valence-corrected chi connectivity index (χ2v) is 3.73. The predicted molar refractivity (Wildman–Crippen MR) is 44.1 cm³/mol. The minimum Gasteiger partial charge on any atom is -0.314 e. The van der Waals surface area contributed by atoms with E-state index >= 15 is 0 Å². The van der Waals surface area contributed by atoms with Crippen molar-refractivity contribution in [1.82, 2.24) is 10.6 Å². The van der Waals surface area contributed by atoms with Gasteiger partial charge in [-0.1, -0.05) is 0 Å². The van der Waals surface area contributed by atoms with E-state index in [1.807, 2.05) is 13.8 Å². The molecule has 0 bridgehead atoms. The fourth-order valence-corrected chi connectivity index (χ4v) is 0.872. The molecule has 2 N–H and O–H groups in total. The van der Waals surface area contributed by atoms with Crippen LogP contribution in [0.4, 0.5) is 0 Å². The van der Waals surface area contributed by atoms with Gasteiger partial charge in [-0.25, -0.2) is 0 Å². The predicted octanol–water partition coefficient (Wildman–Crippen LogP) is 0.0976. The maximum absolute atomic E-state index is 8.69. The zero-order valence-electron chi connectivity index (χ0n) is 7.15. The molecule has 1 heterocycles. The van der Waals surface area contributed by atoms with Gasteiger partial charge in [0.15, 0.2) is 0 Å². The first-order valence-corrected chi connectivity index (χ1v) is 3.99. The first kappa shape index (κ1) is 8.51. The molecule has 1 aliphatic rings. The van der Waals surface area contributed by atoms with Gasteiger partial charge < -0.3 is 10.6 Å². The van der Waals surface area contributed by atoms with Crippen molar-refractivity contribution in [1.29, 1.82) is 5.26 Å². The molecular weight excluding hydrogens is 138 g/mol. The Balaban J connectivity index is 2.16. The summed E-state index contributed by atoms with van der Waals surface area (Å²) in [5, 5.41) is 15.2. The zero-order valence-corrected chi connectivity index (χ0v) is 7.15. The number of rotatable bonds is 3. The van der Waals surface area contributed by atoms with Gasteiger partial charge in [-0.05, 0) is 13.8 Å². The molecular formula is C8H15N3. The van der Waals surface area contributed by atoms with Crippen LogP contribution in [0, 0.1) is 16.7 Å². The normalized spacial score (nSPS) is 19.0. The summed E-state index contributed by atoms with van der Waals surface area (Å²) in [6.45, 7) is 6.77. The Kier molecular flexibility index (Phi) is 2.48. The van der Waals surface area contributed by atoms with E-state index < -0.39 is 0 Å². The molecule has 1 saturated heterocycles. The number of nitriles is 1. The lowest BCUT2D eigenvalue weighted by molar-refractivity contribution is 0.325. The average Bonchev–Trinajstić information content (AvgIpc) is 1.84. The van der Waals surface area contributed by atoms with Crippen LogP contribution in [-0.4, -0.2) is 25.7 Å². The fraction of sp³-hybridized carbons (Fsp3) is 0.875. The van der Waals surface area contributed by atoms with Crippen molar-refractivity contribution in [2.45, 2.75) is 19.9 Å². The quantitative estimate of drug-likeness (QED) is 0.604. The highest BCUT2D eigenvalue weighted by Gasteiger charge is 2.21. The Morgan fingerprint density at radius 2 is 2.27 bits per heavy atom. The lowest BCUT2D eigenvalue weighted by Gasteiger charge is -2.30. The first-order chi connectivity index (χ1) is 5.14. The van der Waals surface area contributed by atoms with Crippen molar-refractivity contribution < 1.29 is 0 Å². The van der Waals surface area contributed by atoms with Crippen LogP contribution in [0.5, 0.6) is 0 Å². The molecule has 0 aromatic rings. The lowest BCUT2D eigenvalue weighted by Crippen LogP contribution is -2.56. The summed E-state index contributed by atoms with van der Waals surface area (Å²) in [6.07, 6.45) is 0. The van der Waals surface area contributed by atoms with Gasteiger partial charge in [0.2, 0.25) is 0 Å². The molecule has 11 heavy (non-hydrogen) atoms.